The van der Waals surface area contributed by atoms with Crippen molar-refractivity contribution in [2.24, 2.45) is 5.73 Å². The van der Waals surface area contributed by atoms with Crippen molar-refractivity contribution in [2.45, 2.75) is 24.7 Å². The molecular formula is C11H13BrFNO. The van der Waals surface area contributed by atoms with Crippen LogP contribution in [0.1, 0.15) is 24.8 Å². The van der Waals surface area contributed by atoms with Gasteiger partial charge in [0.2, 0.25) is 0 Å². The lowest BCUT2D eigenvalue weighted by molar-refractivity contribution is 0.244. The summed E-state index contributed by atoms with van der Waals surface area (Å²) in [5.74, 6) is -0.427. The topological polar surface area (TPSA) is 46.2 Å². The highest BCUT2D eigenvalue weighted by atomic mass is 79.9. The molecule has 0 bridgehead atoms. The molecule has 0 atom stereocenters. The van der Waals surface area contributed by atoms with E-state index >= 15 is 0 Å². The average molecular weight is 274 g/mol. The van der Waals surface area contributed by atoms with Crippen LogP contribution in [0.15, 0.2) is 16.6 Å². The second kappa shape index (κ2) is 3.76. The van der Waals surface area contributed by atoms with E-state index in [0.29, 0.717) is 16.6 Å². The van der Waals surface area contributed by atoms with Gasteiger partial charge in [0.15, 0.2) is 0 Å². The Morgan fingerprint density at radius 2 is 2.13 bits per heavy atom. The highest BCUT2D eigenvalue weighted by Crippen LogP contribution is 2.45. The Kier molecular flexibility index (Phi) is 2.73. The van der Waals surface area contributed by atoms with Gasteiger partial charge in [-0.1, -0.05) is 6.42 Å². The van der Waals surface area contributed by atoms with Crippen LogP contribution < -0.4 is 5.73 Å². The molecule has 15 heavy (non-hydrogen) atoms. The highest BCUT2D eigenvalue weighted by molar-refractivity contribution is 9.10. The first-order valence-electron chi connectivity index (χ1n) is 4.98. The zero-order chi connectivity index (χ0) is 11.1. The van der Waals surface area contributed by atoms with Gasteiger partial charge in [-0.15, -0.1) is 0 Å². The number of phenolic OH excluding ortho intramolecular Hbond substituents is 1. The van der Waals surface area contributed by atoms with Crippen molar-refractivity contribution in [1.29, 1.82) is 0 Å². The molecule has 1 aromatic rings. The Bertz CT molecular complexity index is 385. The predicted molar refractivity (Wildman–Crippen MR) is 60.3 cm³/mol. The van der Waals surface area contributed by atoms with Gasteiger partial charge in [0, 0.05) is 18.0 Å². The Balaban J connectivity index is 2.47. The molecule has 2 nitrogen and oxygen atoms in total. The number of rotatable bonds is 2. The van der Waals surface area contributed by atoms with Crippen LogP contribution in [0.2, 0.25) is 0 Å². The Morgan fingerprint density at radius 3 is 2.60 bits per heavy atom. The average Bonchev–Trinajstić information content (AvgIpc) is 2.12. The molecule has 0 spiro atoms. The minimum absolute atomic E-state index is 0.0669. The van der Waals surface area contributed by atoms with Gasteiger partial charge in [-0.3, -0.25) is 0 Å². The van der Waals surface area contributed by atoms with Crippen LogP contribution in [0.4, 0.5) is 4.39 Å². The Morgan fingerprint density at radius 1 is 1.47 bits per heavy atom. The van der Waals surface area contributed by atoms with Gasteiger partial charge in [0.25, 0.3) is 0 Å². The summed E-state index contributed by atoms with van der Waals surface area (Å²) in [4.78, 5) is 0. The van der Waals surface area contributed by atoms with E-state index in [2.05, 4.69) is 15.9 Å². The van der Waals surface area contributed by atoms with Crippen molar-refractivity contribution >= 4 is 15.9 Å². The lowest BCUT2D eigenvalue weighted by Crippen LogP contribution is -2.42. The number of aromatic hydroxyl groups is 1. The molecule has 2 rings (SSSR count). The summed E-state index contributed by atoms with van der Waals surface area (Å²) >= 11 is 3.20. The van der Waals surface area contributed by atoms with Crippen LogP contribution in [0.25, 0.3) is 0 Å². The van der Waals surface area contributed by atoms with Crippen molar-refractivity contribution in [3.05, 3.63) is 28.0 Å². The van der Waals surface area contributed by atoms with Crippen LogP contribution in [0, 0.1) is 5.82 Å². The van der Waals surface area contributed by atoms with Crippen molar-refractivity contribution in [3.63, 3.8) is 0 Å². The molecule has 1 aliphatic rings. The van der Waals surface area contributed by atoms with E-state index in [1.165, 1.54) is 0 Å². The standard InChI is InChI=1S/C11H13BrFNO/c12-8-4-7(9(13)5-10(8)15)11(6-14)2-1-3-11/h4-5,15H,1-3,6,14H2. The molecule has 0 unspecified atom stereocenters. The van der Waals surface area contributed by atoms with E-state index in [4.69, 9.17) is 5.73 Å². The first kappa shape index (κ1) is 10.9. The zero-order valence-corrected chi connectivity index (χ0v) is 9.85. The summed E-state index contributed by atoms with van der Waals surface area (Å²) in [5.41, 5.74) is 6.13. The molecule has 0 radical (unpaired) electrons. The first-order valence-corrected chi connectivity index (χ1v) is 5.77. The molecule has 1 saturated carbocycles. The SMILES string of the molecule is NCC1(c2cc(Br)c(O)cc2F)CCC1. The van der Waals surface area contributed by atoms with Crippen LogP contribution in [-0.4, -0.2) is 11.7 Å². The molecular weight excluding hydrogens is 261 g/mol. The maximum Gasteiger partial charge on any atom is 0.132 e. The summed E-state index contributed by atoms with van der Waals surface area (Å²) in [6.07, 6.45) is 2.95. The summed E-state index contributed by atoms with van der Waals surface area (Å²) in [6, 6.07) is 2.80. The fraction of sp³-hybridized carbons (Fsp3) is 0.455. The number of hydrogen-bond donors (Lipinski definition) is 2. The number of hydrogen-bond acceptors (Lipinski definition) is 2. The van der Waals surface area contributed by atoms with E-state index in [1.807, 2.05) is 0 Å². The minimum Gasteiger partial charge on any atom is -0.507 e. The third kappa shape index (κ3) is 1.66. The number of halogens is 2. The molecule has 0 amide bonds. The van der Waals surface area contributed by atoms with E-state index in [0.717, 1.165) is 25.3 Å². The third-order valence-corrected chi connectivity index (χ3v) is 3.94. The fourth-order valence-corrected chi connectivity index (χ4v) is 2.47. The molecule has 0 saturated heterocycles. The third-order valence-electron chi connectivity index (χ3n) is 3.31. The van der Waals surface area contributed by atoms with Gasteiger partial charge in [0.1, 0.15) is 11.6 Å². The van der Waals surface area contributed by atoms with Crippen LogP contribution in [-0.2, 0) is 5.41 Å². The van der Waals surface area contributed by atoms with Crippen LogP contribution in [0.5, 0.6) is 5.75 Å². The predicted octanol–water partition coefficient (Wildman–Crippen LogP) is 2.67. The summed E-state index contributed by atoms with van der Waals surface area (Å²) in [6.45, 7) is 0.459. The van der Waals surface area contributed by atoms with Gasteiger partial charge < -0.3 is 10.8 Å². The number of benzene rings is 1. The molecule has 1 aromatic carbocycles. The summed E-state index contributed by atoms with van der Waals surface area (Å²) in [7, 11) is 0. The first-order chi connectivity index (χ1) is 7.09. The van der Waals surface area contributed by atoms with Gasteiger partial charge in [-0.05, 0) is 40.4 Å². The second-order valence-electron chi connectivity index (χ2n) is 4.12. The maximum absolute atomic E-state index is 13.7. The molecule has 0 heterocycles. The van der Waals surface area contributed by atoms with Crippen molar-refractivity contribution in [2.75, 3.05) is 6.54 Å². The van der Waals surface area contributed by atoms with Crippen molar-refractivity contribution < 1.29 is 9.50 Å². The molecule has 1 fully saturated rings. The Labute approximate surface area is 96.4 Å². The largest absolute Gasteiger partial charge is 0.507 e. The fourth-order valence-electron chi connectivity index (χ4n) is 2.13. The normalized spacial score (nSPS) is 18.6. The lowest BCUT2D eigenvalue weighted by atomic mass is 9.64. The second-order valence-corrected chi connectivity index (χ2v) is 4.98. The quantitative estimate of drug-likeness (QED) is 0.871. The maximum atomic E-state index is 13.7. The lowest BCUT2D eigenvalue weighted by Gasteiger charge is -2.41. The van der Waals surface area contributed by atoms with Crippen LogP contribution in [0.3, 0.4) is 0 Å². The number of phenols is 1. The molecule has 0 aromatic heterocycles. The van der Waals surface area contributed by atoms with Crippen LogP contribution >= 0.6 is 15.9 Å². The van der Waals surface area contributed by atoms with Crippen molar-refractivity contribution in [1.82, 2.24) is 0 Å². The smallest absolute Gasteiger partial charge is 0.132 e. The molecule has 0 aliphatic heterocycles. The summed E-state index contributed by atoms with van der Waals surface area (Å²) < 4.78 is 14.2. The highest BCUT2D eigenvalue weighted by Gasteiger charge is 2.39. The van der Waals surface area contributed by atoms with Gasteiger partial charge >= 0.3 is 0 Å². The van der Waals surface area contributed by atoms with E-state index in [1.54, 1.807) is 6.07 Å². The Hall–Kier alpha value is -0.610. The molecule has 4 heteroatoms. The van der Waals surface area contributed by atoms with E-state index < -0.39 is 0 Å². The molecule has 82 valence electrons. The van der Waals surface area contributed by atoms with E-state index in [-0.39, 0.29) is 17.0 Å². The van der Waals surface area contributed by atoms with Crippen molar-refractivity contribution in [3.8, 4) is 5.75 Å². The summed E-state index contributed by atoms with van der Waals surface area (Å²) in [5, 5.41) is 9.34. The minimum atomic E-state index is -0.360. The van der Waals surface area contributed by atoms with Gasteiger partial charge in [0.05, 0.1) is 4.47 Å². The van der Waals surface area contributed by atoms with Gasteiger partial charge in [-0.2, -0.15) is 0 Å². The molecule has 3 N–H and O–H groups in total. The van der Waals surface area contributed by atoms with E-state index in [9.17, 15) is 9.50 Å². The monoisotopic (exact) mass is 273 g/mol. The number of nitrogens with two attached hydrogens (primary N) is 1. The van der Waals surface area contributed by atoms with Gasteiger partial charge in [-0.25, -0.2) is 4.39 Å². The zero-order valence-electron chi connectivity index (χ0n) is 8.26. The molecule has 1 aliphatic carbocycles.